The predicted molar refractivity (Wildman–Crippen MR) is 143 cm³/mol. The molecule has 0 unspecified atom stereocenters. The van der Waals surface area contributed by atoms with Crippen LogP contribution in [-0.2, 0) is 4.74 Å². The second-order valence-corrected chi connectivity index (χ2v) is 8.52. The normalized spacial score (nSPS) is 11.9. The van der Waals surface area contributed by atoms with E-state index in [1.807, 2.05) is 52.2 Å². The van der Waals surface area contributed by atoms with Gasteiger partial charge in [0.15, 0.2) is 0 Å². The standard InChI is InChI=1S/C26H31N5O4.ClH/c1-17(2)31-14-18(12-28-31)26-13-27-24-7-6-19(10-25(24)29-26)30(15-21(32)16-33-3)20-8-22(34-4)11-23(9-20)35-5;/h6-14,17,21,32H,15-16H2,1-5H3;1H/t21-;/m0./s1. The molecule has 1 atom stereocenters. The van der Waals surface area contributed by atoms with Crippen LogP contribution in [0.1, 0.15) is 19.9 Å². The molecule has 0 aliphatic heterocycles. The van der Waals surface area contributed by atoms with E-state index in [1.165, 1.54) is 0 Å². The van der Waals surface area contributed by atoms with Gasteiger partial charge in [-0.05, 0) is 32.0 Å². The Morgan fingerprint density at radius 1 is 0.944 bits per heavy atom. The number of ether oxygens (including phenoxy) is 3. The topological polar surface area (TPSA) is 94.8 Å². The molecule has 10 heteroatoms. The molecule has 4 aromatic rings. The summed E-state index contributed by atoms with van der Waals surface area (Å²) in [5.41, 5.74) is 4.80. The summed E-state index contributed by atoms with van der Waals surface area (Å²) in [6.07, 6.45) is 4.82. The van der Waals surface area contributed by atoms with Crippen molar-refractivity contribution >= 4 is 34.8 Å². The summed E-state index contributed by atoms with van der Waals surface area (Å²) in [5, 5.41) is 15.0. The van der Waals surface area contributed by atoms with Crippen molar-refractivity contribution in [3.8, 4) is 22.8 Å². The van der Waals surface area contributed by atoms with Gasteiger partial charge in [0.05, 0.1) is 62.6 Å². The zero-order valence-corrected chi connectivity index (χ0v) is 21.9. The number of fused-ring (bicyclic) bond motifs is 1. The lowest BCUT2D eigenvalue weighted by Gasteiger charge is -2.28. The van der Waals surface area contributed by atoms with Crippen LogP contribution in [0, 0.1) is 0 Å². The zero-order chi connectivity index (χ0) is 24.9. The van der Waals surface area contributed by atoms with E-state index in [0.29, 0.717) is 18.0 Å². The Balaban J connectivity index is 0.00000361. The third-order valence-corrected chi connectivity index (χ3v) is 5.66. The van der Waals surface area contributed by atoms with Crippen LogP contribution in [0.25, 0.3) is 22.3 Å². The molecule has 36 heavy (non-hydrogen) atoms. The minimum Gasteiger partial charge on any atom is -0.497 e. The van der Waals surface area contributed by atoms with Gasteiger partial charge in [-0.25, -0.2) is 4.98 Å². The molecule has 2 aromatic heterocycles. The number of aliphatic hydroxyl groups excluding tert-OH is 1. The Kier molecular flexibility index (Phi) is 9.08. The maximum absolute atomic E-state index is 10.6. The fourth-order valence-electron chi connectivity index (χ4n) is 3.82. The van der Waals surface area contributed by atoms with Gasteiger partial charge in [0.2, 0.25) is 0 Å². The molecular weight excluding hydrogens is 482 g/mol. The zero-order valence-electron chi connectivity index (χ0n) is 21.1. The summed E-state index contributed by atoms with van der Waals surface area (Å²) in [5.74, 6) is 1.30. The van der Waals surface area contributed by atoms with E-state index in [4.69, 9.17) is 19.2 Å². The molecule has 0 aliphatic carbocycles. The molecule has 1 N–H and O–H groups in total. The molecule has 2 aromatic carbocycles. The Morgan fingerprint density at radius 2 is 1.67 bits per heavy atom. The van der Waals surface area contributed by atoms with Crippen molar-refractivity contribution in [1.82, 2.24) is 19.7 Å². The van der Waals surface area contributed by atoms with Crippen LogP contribution in [0.3, 0.4) is 0 Å². The van der Waals surface area contributed by atoms with Crippen LogP contribution >= 0.6 is 12.4 Å². The number of hydrogen-bond donors (Lipinski definition) is 1. The minimum absolute atomic E-state index is 0. The van der Waals surface area contributed by atoms with Gasteiger partial charge in [0.25, 0.3) is 0 Å². The number of rotatable bonds is 10. The molecule has 0 radical (unpaired) electrons. The molecule has 192 valence electrons. The van der Waals surface area contributed by atoms with E-state index in [2.05, 4.69) is 23.9 Å². The van der Waals surface area contributed by atoms with Crippen molar-refractivity contribution in [1.29, 1.82) is 0 Å². The van der Waals surface area contributed by atoms with E-state index < -0.39 is 6.10 Å². The maximum Gasteiger partial charge on any atom is 0.124 e. The summed E-state index contributed by atoms with van der Waals surface area (Å²) in [4.78, 5) is 11.4. The SMILES string of the molecule is COC[C@@H](O)CN(c1cc(OC)cc(OC)c1)c1ccc2ncc(-c3cnn(C(C)C)c3)nc2c1.Cl. The molecule has 0 fully saturated rings. The first-order chi connectivity index (χ1) is 16.9. The maximum atomic E-state index is 10.6. The second kappa shape index (κ2) is 12.0. The van der Waals surface area contributed by atoms with Crippen molar-refractivity contribution in [2.45, 2.75) is 26.0 Å². The minimum atomic E-state index is -0.716. The van der Waals surface area contributed by atoms with Gasteiger partial charge in [-0.15, -0.1) is 12.4 Å². The van der Waals surface area contributed by atoms with Crippen molar-refractivity contribution in [3.63, 3.8) is 0 Å². The van der Waals surface area contributed by atoms with E-state index in [1.54, 1.807) is 33.7 Å². The number of aliphatic hydroxyl groups is 1. The fourth-order valence-corrected chi connectivity index (χ4v) is 3.82. The first-order valence-corrected chi connectivity index (χ1v) is 11.4. The Bertz CT molecular complexity index is 1270. The van der Waals surface area contributed by atoms with E-state index in [-0.39, 0.29) is 25.1 Å². The second-order valence-electron chi connectivity index (χ2n) is 8.52. The number of halogens is 1. The van der Waals surface area contributed by atoms with Crippen molar-refractivity contribution < 1.29 is 19.3 Å². The predicted octanol–water partition coefficient (Wildman–Crippen LogP) is 4.66. The number of methoxy groups -OCH3 is 3. The molecule has 9 nitrogen and oxygen atoms in total. The van der Waals surface area contributed by atoms with Crippen molar-refractivity contribution in [3.05, 3.63) is 55.0 Å². The fraction of sp³-hybridized carbons (Fsp3) is 0.346. The number of anilines is 2. The van der Waals surface area contributed by atoms with Gasteiger partial charge in [0.1, 0.15) is 11.5 Å². The van der Waals surface area contributed by atoms with E-state index >= 15 is 0 Å². The van der Waals surface area contributed by atoms with Gasteiger partial charge in [0, 0.05) is 54.5 Å². The highest BCUT2D eigenvalue weighted by Crippen LogP contribution is 2.34. The molecule has 0 bridgehead atoms. The van der Waals surface area contributed by atoms with Gasteiger partial charge in [-0.1, -0.05) is 0 Å². The molecule has 2 heterocycles. The first kappa shape index (κ1) is 27.2. The van der Waals surface area contributed by atoms with Crippen LogP contribution in [0.5, 0.6) is 11.5 Å². The Morgan fingerprint density at radius 3 is 2.28 bits per heavy atom. The summed E-state index contributed by atoms with van der Waals surface area (Å²) in [6.45, 7) is 4.66. The third kappa shape index (κ3) is 6.04. The molecule has 0 saturated carbocycles. The molecular formula is C26H32ClN5O4. The number of hydrogen-bond acceptors (Lipinski definition) is 8. The smallest absolute Gasteiger partial charge is 0.124 e. The summed E-state index contributed by atoms with van der Waals surface area (Å²) in [7, 11) is 4.78. The van der Waals surface area contributed by atoms with E-state index in [9.17, 15) is 5.11 Å². The summed E-state index contributed by atoms with van der Waals surface area (Å²) in [6, 6.07) is 11.7. The van der Waals surface area contributed by atoms with Gasteiger partial charge >= 0.3 is 0 Å². The van der Waals surface area contributed by atoms with Crippen LogP contribution in [-0.4, -0.2) is 65.4 Å². The highest BCUT2D eigenvalue weighted by molar-refractivity contribution is 5.85. The molecule has 4 rings (SSSR count). The van der Waals surface area contributed by atoms with E-state index in [0.717, 1.165) is 33.7 Å². The highest BCUT2D eigenvalue weighted by atomic mass is 35.5. The molecule has 0 aliphatic rings. The van der Waals surface area contributed by atoms with Crippen LogP contribution in [0.2, 0.25) is 0 Å². The average Bonchev–Trinajstić information content (AvgIpc) is 3.37. The number of benzene rings is 2. The number of nitrogens with zero attached hydrogens (tertiary/aromatic N) is 5. The summed E-state index contributed by atoms with van der Waals surface area (Å²) < 4.78 is 18.0. The van der Waals surface area contributed by atoms with Crippen molar-refractivity contribution in [2.75, 3.05) is 39.4 Å². The first-order valence-electron chi connectivity index (χ1n) is 11.4. The third-order valence-electron chi connectivity index (χ3n) is 5.66. The van der Waals surface area contributed by atoms with Crippen LogP contribution < -0.4 is 14.4 Å². The Labute approximate surface area is 217 Å². The lowest BCUT2D eigenvalue weighted by molar-refractivity contribution is 0.0702. The molecule has 0 amide bonds. The average molecular weight is 514 g/mol. The lowest BCUT2D eigenvalue weighted by atomic mass is 10.1. The van der Waals surface area contributed by atoms with Crippen molar-refractivity contribution in [2.24, 2.45) is 0 Å². The van der Waals surface area contributed by atoms with Crippen LogP contribution in [0.15, 0.2) is 55.0 Å². The van der Waals surface area contributed by atoms with Crippen LogP contribution in [0.4, 0.5) is 11.4 Å². The molecule has 0 spiro atoms. The molecule has 0 saturated heterocycles. The van der Waals surface area contributed by atoms with Gasteiger partial charge in [-0.3, -0.25) is 9.67 Å². The highest BCUT2D eigenvalue weighted by Gasteiger charge is 2.18. The number of aromatic nitrogens is 4. The lowest BCUT2D eigenvalue weighted by Crippen LogP contribution is -2.31. The largest absolute Gasteiger partial charge is 0.497 e. The monoisotopic (exact) mass is 513 g/mol. The summed E-state index contributed by atoms with van der Waals surface area (Å²) >= 11 is 0. The quantitative estimate of drug-likeness (QED) is 0.327. The van der Waals surface area contributed by atoms with Gasteiger partial charge < -0.3 is 24.2 Å². The Hall–Kier alpha value is -3.40. The van der Waals surface area contributed by atoms with Gasteiger partial charge in [-0.2, -0.15) is 5.10 Å².